The third-order valence-corrected chi connectivity index (χ3v) is 3.89. The predicted molar refractivity (Wildman–Crippen MR) is 79.0 cm³/mol. The molecule has 0 aliphatic heterocycles. The van der Waals surface area contributed by atoms with Crippen LogP contribution in [0.2, 0.25) is 0 Å². The average molecular weight is 286 g/mol. The van der Waals surface area contributed by atoms with Crippen molar-refractivity contribution in [2.24, 2.45) is 0 Å². The second-order valence-electron chi connectivity index (χ2n) is 5.42. The molecule has 0 N–H and O–H groups in total. The third kappa shape index (κ3) is 3.12. The highest BCUT2D eigenvalue weighted by atomic mass is 16.5. The van der Waals surface area contributed by atoms with E-state index in [2.05, 4.69) is 4.98 Å². The maximum atomic E-state index is 12.1. The summed E-state index contributed by atoms with van der Waals surface area (Å²) in [5, 5.41) is 0. The molecule has 0 atom stereocenters. The van der Waals surface area contributed by atoms with E-state index >= 15 is 0 Å². The molecule has 5 heteroatoms. The number of hydrogen-bond donors (Lipinski definition) is 0. The lowest BCUT2D eigenvalue weighted by Gasteiger charge is -2.22. The van der Waals surface area contributed by atoms with Gasteiger partial charge in [-0.05, 0) is 37.8 Å². The molecule has 0 spiro atoms. The van der Waals surface area contributed by atoms with Gasteiger partial charge in [-0.15, -0.1) is 0 Å². The average Bonchev–Trinajstić information content (AvgIpc) is 2.51. The molecule has 5 nitrogen and oxygen atoms in total. The minimum absolute atomic E-state index is 0.00931. The van der Waals surface area contributed by atoms with Crippen LogP contribution in [0.5, 0.6) is 0 Å². The summed E-state index contributed by atoms with van der Waals surface area (Å²) in [5.74, 6) is -0.347. The van der Waals surface area contributed by atoms with Crippen LogP contribution in [0.4, 0.5) is 0 Å². The second kappa shape index (κ2) is 6.08. The Kier molecular flexibility index (Phi) is 3.99. The molecule has 1 aliphatic rings. The van der Waals surface area contributed by atoms with Crippen LogP contribution in [0.25, 0.3) is 11.0 Å². The first-order valence-corrected chi connectivity index (χ1v) is 7.38. The molecule has 0 radical (unpaired) electrons. The summed E-state index contributed by atoms with van der Waals surface area (Å²) in [6.07, 6.45) is 6.54. The van der Waals surface area contributed by atoms with E-state index in [0.29, 0.717) is 11.0 Å². The van der Waals surface area contributed by atoms with Gasteiger partial charge in [0.05, 0.1) is 17.2 Å². The van der Waals surface area contributed by atoms with Crippen molar-refractivity contribution in [2.45, 2.75) is 44.8 Å². The van der Waals surface area contributed by atoms with Crippen molar-refractivity contribution in [1.29, 1.82) is 0 Å². The summed E-state index contributed by atoms with van der Waals surface area (Å²) in [6, 6.07) is 7.28. The highest BCUT2D eigenvalue weighted by Gasteiger charge is 2.18. The number of rotatable bonds is 3. The van der Waals surface area contributed by atoms with Crippen molar-refractivity contribution >= 4 is 17.0 Å². The molecule has 0 bridgehead atoms. The van der Waals surface area contributed by atoms with E-state index in [9.17, 15) is 9.59 Å². The van der Waals surface area contributed by atoms with Crippen LogP contribution in [-0.2, 0) is 16.1 Å². The molecule has 21 heavy (non-hydrogen) atoms. The SMILES string of the molecule is O=C(Cn1c(=O)cnc2ccccc21)OC1CCCCC1. The Balaban J connectivity index is 1.79. The number of carbonyl (C=O) groups is 1. The minimum atomic E-state index is -0.347. The van der Waals surface area contributed by atoms with E-state index in [0.717, 1.165) is 25.7 Å². The molecule has 1 aromatic heterocycles. The zero-order chi connectivity index (χ0) is 14.7. The van der Waals surface area contributed by atoms with Crippen molar-refractivity contribution in [3.63, 3.8) is 0 Å². The zero-order valence-corrected chi connectivity index (χ0v) is 11.8. The normalized spacial score (nSPS) is 16.0. The number of ether oxygens (including phenoxy) is 1. The third-order valence-electron chi connectivity index (χ3n) is 3.89. The van der Waals surface area contributed by atoms with Gasteiger partial charge in [-0.1, -0.05) is 18.6 Å². The molecular formula is C16H18N2O3. The smallest absolute Gasteiger partial charge is 0.326 e. The second-order valence-corrected chi connectivity index (χ2v) is 5.42. The Morgan fingerprint density at radius 3 is 2.81 bits per heavy atom. The quantitative estimate of drug-likeness (QED) is 0.812. The van der Waals surface area contributed by atoms with Crippen LogP contribution in [0.15, 0.2) is 35.3 Å². The fourth-order valence-electron chi connectivity index (χ4n) is 2.81. The van der Waals surface area contributed by atoms with Gasteiger partial charge in [0.15, 0.2) is 0 Å². The van der Waals surface area contributed by atoms with Gasteiger partial charge in [0.2, 0.25) is 0 Å². The van der Waals surface area contributed by atoms with Crippen LogP contribution < -0.4 is 5.56 Å². The molecule has 3 rings (SSSR count). The van der Waals surface area contributed by atoms with Crippen molar-refractivity contribution < 1.29 is 9.53 Å². The van der Waals surface area contributed by atoms with Crippen molar-refractivity contribution in [3.8, 4) is 0 Å². The number of fused-ring (bicyclic) bond motifs is 1. The molecule has 0 amide bonds. The molecule has 0 unspecified atom stereocenters. The number of aromatic nitrogens is 2. The molecule has 2 aromatic rings. The summed E-state index contributed by atoms with van der Waals surface area (Å²) in [7, 11) is 0. The first-order chi connectivity index (χ1) is 10.2. The first-order valence-electron chi connectivity index (χ1n) is 7.38. The van der Waals surface area contributed by atoms with E-state index in [4.69, 9.17) is 4.74 Å². The lowest BCUT2D eigenvalue weighted by atomic mass is 9.98. The van der Waals surface area contributed by atoms with Gasteiger partial charge in [-0.2, -0.15) is 0 Å². The highest BCUT2D eigenvalue weighted by Crippen LogP contribution is 2.20. The minimum Gasteiger partial charge on any atom is -0.461 e. The van der Waals surface area contributed by atoms with Gasteiger partial charge in [0.25, 0.3) is 5.56 Å². The van der Waals surface area contributed by atoms with E-state index < -0.39 is 0 Å². The topological polar surface area (TPSA) is 61.2 Å². The van der Waals surface area contributed by atoms with E-state index in [1.165, 1.54) is 17.2 Å². The van der Waals surface area contributed by atoms with Gasteiger partial charge < -0.3 is 4.74 Å². The number of hydrogen-bond acceptors (Lipinski definition) is 4. The first kappa shape index (κ1) is 13.8. The number of para-hydroxylation sites is 2. The van der Waals surface area contributed by atoms with E-state index in [1.807, 2.05) is 18.2 Å². The maximum Gasteiger partial charge on any atom is 0.326 e. The molecule has 1 fully saturated rings. The molecule has 1 saturated carbocycles. The number of esters is 1. The van der Waals surface area contributed by atoms with Gasteiger partial charge in [0, 0.05) is 0 Å². The van der Waals surface area contributed by atoms with Crippen LogP contribution in [-0.4, -0.2) is 21.6 Å². The lowest BCUT2D eigenvalue weighted by molar-refractivity contribution is -0.151. The van der Waals surface area contributed by atoms with E-state index in [1.54, 1.807) is 6.07 Å². The highest BCUT2D eigenvalue weighted by molar-refractivity contribution is 5.77. The van der Waals surface area contributed by atoms with Gasteiger partial charge >= 0.3 is 5.97 Å². The van der Waals surface area contributed by atoms with Gasteiger partial charge in [-0.25, -0.2) is 4.98 Å². The van der Waals surface area contributed by atoms with E-state index in [-0.39, 0.29) is 24.2 Å². The monoisotopic (exact) mass is 286 g/mol. The molecule has 0 saturated heterocycles. The van der Waals surface area contributed by atoms with Crippen LogP contribution in [0, 0.1) is 0 Å². The summed E-state index contributed by atoms with van der Waals surface area (Å²) in [4.78, 5) is 28.1. The van der Waals surface area contributed by atoms with Crippen LogP contribution in [0.3, 0.4) is 0 Å². The molecule has 1 aromatic carbocycles. The largest absolute Gasteiger partial charge is 0.461 e. The Labute approximate surface area is 122 Å². The maximum absolute atomic E-state index is 12.1. The van der Waals surface area contributed by atoms with Gasteiger partial charge in [-0.3, -0.25) is 14.2 Å². The summed E-state index contributed by atoms with van der Waals surface area (Å²) >= 11 is 0. The summed E-state index contributed by atoms with van der Waals surface area (Å²) in [5.41, 5.74) is 1.07. The fraction of sp³-hybridized carbons (Fsp3) is 0.438. The predicted octanol–water partition coefficient (Wildman–Crippen LogP) is 2.27. The van der Waals surface area contributed by atoms with Crippen molar-refractivity contribution in [3.05, 3.63) is 40.8 Å². The fourth-order valence-corrected chi connectivity index (χ4v) is 2.81. The summed E-state index contributed by atoms with van der Waals surface area (Å²) < 4.78 is 6.90. The van der Waals surface area contributed by atoms with Crippen molar-refractivity contribution in [2.75, 3.05) is 0 Å². The van der Waals surface area contributed by atoms with Crippen LogP contribution >= 0.6 is 0 Å². The standard InChI is InChI=1S/C16H18N2O3/c19-15-10-17-13-8-4-5-9-14(13)18(15)11-16(20)21-12-6-2-1-3-7-12/h4-5,8-10,12H,1-3,6-7,11H2. The Morgan fingerprint density at radius 1 is 1.24 bits per heavy atom. The molecule has 1 heterocycles. The zero-order valence-electron chi connectivity index (χ0n) is 11.8. The Morgan fingerprint density at radius 2 is 2.00 bits per heavy atom. The molecule has 110 valence electrons. The Bertz CT molecular complexity index is 702. The lowest BCUT2D eigenvalue weighted by Crippen LogP contribution is -2.29. The number of nitrogens with zero attached hydrogens (tertiary/aromatic N) is 2. The van der Waals surface area contributed by atoms with Crippen molar-refractivity contribution in [1.82, 2.24) is 9.55 Å². The van der Waals surface area contributed by atoms with Crippen LogP contribution in [0.1, 0.15) is 32.1 Å². The summed E-state index contributed by atoms with van der Waals surface area (Å²) in [6.45, 7) is -0.0572. The molecule has 1 aliphatic carbocycles. The number of carbonyl (C=O) groups excluding carboxylic acids is 1. The Hall–Kier alpha value is -2.17. The van der Waals surface area contributed by atoms with Gasteiger partial charge in [0.1, 0.15) is 12.6 Å². The molecular weight excluding hydrogens is 268 g/mol. The number of benzene rings is 1.